The van der Waals surface area contributed by atoms with E-state index in [0.29, 0.717) is 18.9 Å². The van der Waals surface area contributed by atoms with Crippen molar-refractivity contribution in [3.8, 4) is 0 Å². The third-order valence-corrected chi connectivity index (χ3v) is 3.54. The molecule has 1 heterocycles. The lowest BCUT2D eigenvalue weighted by molar-refractivity contribution is 0.0970. The molecule has 3 rings (SSSR count). The first-order chi connectivity index (χ1) is 9.24. The molecule has 0 saturated carbocycles. The quantitative estimate of drug-likeness (QED) is 0.890. The number of ether oxygens (including phenoxy) is 1. The maximum atomic E-state index is 13.4. The summed E-state index contributed by atoms with van der Waals surface area (Å²) >= 11 is 5.68. The fourth-order valence-electron chi connectivity index (χ4n) is 2.29. The third-order valence-electron chi connectivity index (χ3n) is 3.23. The molecular weight excluding hydrogens is 265 g/mol. The molecule has 0 aromatic heterocycles. The van der Waals surface area contributed by atoms with Gasteiger partial charge in [-0.1, -0.05) is 35.9 Å². The van der Waals surface area contributed by atoms with E-state index >= 15 is 0 Å². The Morgan fingerprint density at radius 3 is 2.89 bits per heavy atom. The SMILES string of the molecule is Fc1cc(NC2COCc3ccccc32)ccc1Cl. The van der Waals surface area contributed by atoms with Gasteiger partial charge in [-0.15, -0.1) is 0 Å². The van der Waals surface area contributed by atoms with Crippen LogP contribution in [-0.4, -0.2) is 6.61 Å². The Kier molecular flexibility index (Phi) is 3.40. The van der Waals surface area contributed by atoms with Gasteiger partial charge in [0.2, 0.25) is 0 Å². The molecule has 0 saturated heterocycles. The zero-order valence-corrected chi connectivity index (χ0v) is 11.0. The molecule has 0 amide bonds. The number of halogens is 2. The Hall–Kier alpha value is -1.58. The minimum Gasteiger partial charge on any atom is -0.376 e. The Balaban J connectivity index is 1.86. The lowest BCUT2D eigenvalue weighted by atomic mass is 9.99. The van der Waals surface area contributed by atoms with Gasteiger partial charge in [0.05, 0.1) is 24.3 Å². The second-order valence-corrected chi connectivity index (χ2v) is 4.95. The molecule has 19 heavy (non-hydrogen) atoms. The maximum absolute atomic E-state index is 13.4. The number of rotatable bonds is 2. The molecule has 0 fully saturated rings. The molecule has 98 valence electrons. The van der Waals surface area contributed by atoms with Crippen molar-refractivity contribution in [2.45, 2.75) is 12.6 Å². The van der Waals surface area contributed by atoms with E-state index in [1.165, 1.54) is 17.2 Å². The van der Waals surface area contributed by atoms with Gasteiger partial charge >= 0.3 is 0 Å². The highest BCUT2D eigenvalue weighted by atomic mass is 35.5. The molecule has 2 aromatic carbocycles. The summed E-state index contributed by atoms with van der Waals surface area (Å²) < 4.78 is 19.0. The van der Waals surface area contributed by atoms with E-state index in [-0.39, 0.29) is 11.1 Å². The van der Waals surface area contributed by atoms with Crippen LogP contribution in [0.2, 0.25) is 5.02 Å². The Morgan fingerprint density at radius 1 is 1.21 bits per heavy atom. The molecule has 1 aliphatic heterocycles. The molecule has 1 aliphatic rings. The van der Waals surface area contributed by atoms with Gasteiger partial charge in [0.15, 0.2) is 0 Å². The van der Waals surface area contributed by atoms with E-state index in [2.05, 4.69) is 11.4 Å². The minimum atomic E-state index is -0.420. The number of benzene rings is 2. The fourth-order valence-corrected chi connectivity index (χ4v) is 2.41. The smallest absolute Gasteiger partial charge is 0.143 e. The van der Waals surface area contributed by atoms with Crippen molar-refractivity contribution >= 4 is 17.3 Å². The van der Waals surface area contributed by atoms with Crippen molar-refractivity contribution in [3.05, 3.63) is 64.4 Å². The van der Waals surface area contributed by atoms with Crippen molar-refractivity contribution in [1.82, 2.24) is 0 Å². The van der Waals surface area contributed by atoms with Gasteiger partial charge in [-0.3, -0.25) is 0 Å². The standard InChI is InChI=1S/C15H13ClFNO/c16-13-6-5-11(7-14(13)17)18-15-9-19-8-10-3-1-2-4-12(10)15/h1-7,15,18H,8-9H2. The molecule has 4 heteroatoms. The lowest BCUT2D eigenvalue weighted by Crippen LogP contribution is -2.23. The summed E-state index contributed by atoms with van der Waals surface area (Å²) in [6.45, 7) is 1.20. The van der Waals surface area contributed by atoms with Crippen LogP contribution in [0.5, 0.6) is 0 Å². The van der Waals surface area contributed by atoms with Gasteiger partial charge in [0.1, 0.15) is 5.82 Å². The second kappa shape index (κ2) is 5.19. The fraction of sp³-hybridized carbons (Fsp3) is 0.200. The average Bonchev–Trinajstić information content (AvgIpc) is 2.43. The highest BCUT2D eigenvalue weighted by molar-refractivity contribution is 6.30. The summed E-state index contributed by atoms with van der Waals surface area (Å²) in [6, 6.07) is 12.9. The summed E-state index contributed by atoms with van der Waals surface area (Å²) in [5.41, 5.74) is 3.07. The topological polar surface area (TPSA) is 21.3 Å². The monoisotopic (exact) mass is 277 g/mol. The van der Waals surface area contributed by atoms with Crippen LogP contribution >= 0.6 is 11.6 Å². The highest BCUT2D eigenvalue weighted by Crippen LogP contribution is 2.28. The zero-order valence-electron chi connectivity index (χ0n) is 10.2. The van der Waals surface area contributed by atoms with Gasteiger partial charge in [-0.05, 0) is 29.3 Å². The summed E-state index contributed by atoms with van der Waals surface area (Å²) in [7, 11) is 0. The zero-order chi connectivity index (χ0) is 13.2. The third kappa shape index (κ3) is 2.57. The highest BCUT2D eigenvalue weighted by Gasteiger charge is 2.20. The molecule has 2 nitrogen and oxygen atoms in total. The molecule has 0 radical (unpaired) electrons. The van der Waals surface area contributed by atoms with Gasteiger partial charge in [0.25, 0.3) is 0 Å². The van der Waals surface area contributed by atoms with Crippen molar-refractivity contribution in [2.75, 3.05) is 11.9 Å². The summed E-state index contributed by atoms with van der Waals surface area (Å²) in [5.74, 6) is -0.420. The van der Waals surface area contributed by atoms with Crippen LogP contribution in [0.1, 0.15) is 17.2 Å². The van der Waals surface area contributed by atoms with E-state index in [4.69, 9.17) is 16.3 Å². The number of fused-ring (bicyclic) bond motifs is 1. The first-order valence-corrected chi connectivity index (χ1v) is 6.49. The van der Waals surface area contributed by atoms with E-state index in [0.717, 1.165) is 0 Å². The molecule has 0 aliphatic carbocycles. The molecule has 0 bridgehead atoms. The maximum Gasteiger partial charge on any atom is 0.143 e. The number of hydrogen-bond donors (Lipinski definition) is 1. The summed E-state index contributed by atoms with van der Waals surface area (Å²) in [4.78, 5) is 0. The van der Waals surface area contributed by atoms with Crippen LogP contribution in [0.25, 0.3) is 0 Å². The van der Waals surface area contributed by atoms with Crippen molar-refractivity contribution in [3.63, 3.8) is 0 Å². The molecule has 2 aromatic rings. The second-order valence-electron chi connectivity index (χ2n) is 4.54. The first kappa shape index (κ1) is 12.5. The number of hydrogen-bond acceptors (Lipinski definition) is 2. The summed E-state index contributed by atoms with van der Waals surface area (Å²) in [5, 5.41) is 3.41. The summed E-state index contributed by atoms with van der Waals surface area (Å²) in [6.07, 6.45) is 0. The Labute approximate surface area is 116 Å². The Bertz CT molecular complexity index is 602. The van der Waals surface area contributed by atoms with Gasteiger partial charge < -0.3 is 10.1 Å². The Morgan fingerprint density at radius 2 is 2.05 bits per heavy atom. The van der Waals surface area contributed by atoms with Crippen LogP contribution in [0.15, 0.2) is 42.5 Å². The van der Waals surface area contributed by atoms with Crippen molar-refractivity contribution in [1.29, 1.82) is 0 Å². The molecule has 1 N–H and O–H groups in total. The normalized spacial score (nSPS) is 17.9. The minimum absolute atomic E-state index is 0.0329. The van der Waals surface area contributed by atoms with E-state index in [1.807, 2.05) is 18.2 Å². The van der Waals surface area contributed by atoms with Crippen molar-refractivity contribution in [2.24, 2.45) is 0 Å². The average molecular weight is 278 g/mol. The molecule has 1 atom stereocenters. The van der Waals surface area contributed by atoms with Crippen LogP contribution in [0, 0.1) is 5.82 Å². The molecular formula is C15H13ClFNO. The van der Waals surface area contributed by atoms with Crippen LogP contribution in [0.4, 0.5) is 10.1 Å². The molecule has 1 unspecified atom stereocenters. The van der Waals surface area contributed by atoms with E-state index < -0.39 is 5.82 Å². The lowest BCUT2D eigenvalue weighted by Gasteiger charge is -2.27. The number of nitrogens with one attached hydrogen (secondary N) is 1. The first-order valence-electron chi connectivity index (χ1n) is 6.11. The van der Waals surface area contributed by atoms with Gasteiger partial charge in [0, 0.05) is 5.69 Å². The van der Waals surface area contributed by atoms with Crippen LogP contribution in [-0.2, 0) is 11.3 Å². The van der Waals surface area contributed by atoms with Gasteiger partial charge in [-0.2, -0.15) is 0 Å². The largest absolute Gasteiger partial charge is 0.376 e. The number of anilines is 1. The van der Waals surface area contributed by atoms with E-state index in [1.54, 1.807) is 12.1 Å². The van der Waals surface area contributed by atoms with Crippen molar-refractivity contribution < 1.29 is 9.13 Å². The predicted octanol–water partition coefficient (Wildman–Crippen LogP) is 4.16. The molecule has 0 spiro atoms. The van der Waals surface area contributed by atoms with Gasteiger partial charge in [-0.25, -0.2) is 4.39 Å². The van der Waals surface area contributed by atoms with E-state index in [9.17, 15) is 4.39 Å². The predicted molar refractivity (Wildman–Crippen MR) is 73.9 cm³/mol. The van der Waals surface area contributed by atoms with Crippen LogP contribution in [0.3, 0.4) is 0 Å². The van der Waals surface area contributed by atoms with Crippen LogP contribution < -0.4 is 5.32 Å².